The van der Waals surface area contributed by atoms with Crippen LogP contribution in [0.2, 0.25) is 0 Å². The van der Waals surface area contributed by atoms with Crippen molar-refractivity contribution < 1.29 is 21.5 Å². The average molecular weight is 332 g/mol. The summed E-state index contributed by atoms with van der Waals surface area (Å²) in [5.41, 5.74) is 1.28. The van der Waals surface area contributed by atoms with Crippen molar-refractivity contribution in [2.24, 2.45) is 0 Å². The van der Waals surface area contributed by atoms with Gasteiger partial charge in [-0.1, -0.05) is 18.2 Å². The number of thiophene rings is 1. The minimum atomic E-state index is 0. The first-order valence-electron chi connectivity index (χ1n) is 5.95. The van der Waals surface area contributed by atoms with E-state index in [1.54, 1.807) is 0 Å². The highest BCUT2D eigenvalue weighted by Crippen LogP contribution is 2.25. The number of rotatable bonds is 2. The second-order valence-electron chi connectivity index (χ2n) is 4.33. The lowest BCUT2D eigenvalue weighted by Crippen LogP contribution is -3.00. The van der Waals surface area contributed by atoms with Crippen LogP contribution >= 0.6 is 11.3 Å². The molecule has 0 fully saturated rings. The maximum absolute atomic E-state index is 2.23. The minimum Gasteiger partial charge on any atom is -1.00 e. The maximum atomic E-state index is 2.23. The summed E-state index contributed by atoms with van der Waals surface area (Å²) in [6, 6.07) is 14.9. The van der Waals surface area contributed by atoms with E-state index in [1.165, 1.54) is 20.5 Å². The van der Waals surface area contributed by atoms with Crippen LogP contribution in [0, 0.1) is 6.92 Å². The van der Waals surface area contributed by atoms with Crippen LogP contribution in [-0.2, 0) is 0 Å². The first-order chi connectivity index (χ1) is 8.81. The number of aromatic nitrogens is 1. The van der Waals surface area contributed by atoms with Crippen molar-refractivity contribution in [1.29, 1.82) is 0 Å². The van der Waals surface area contributed by atoms with Crippen LogP contribution in [0.4, 0.5) is 0 Å². The molecule has 0 bridgehead atoms. The molecule has 2 aromatic heterocycles. The Morgan fingerprint density at radius 1 is 1.05 bits per heavy atom. The van der Waals surface area contributed by atoms with Crippen LogP contribution < -0.4 is 21.5 Å². The zero-order chi connectivity index (χ0) is 12.4. The molecule has 0 radical (unpaired) electrons. The fraction of sp³-hybridized carbons (Fsp3) is 0.0625. The number of hydrogen-bond acceptors (Lipinski definition) is 1. The van der Waals surface area contributed by atoms with E-state index >= 15 is 0 Å². The topological polar surface area (TPSA) is 3.88 Å². The summed E-state index contributed by atoms with van der Waals surface area (Å²) in [6.45, 7) is 2.10. The molecule has 0 aliphatic rings. The Labute approximate surface area is 127 Å². The first-order valence-corrected chi connectivity index (χ1v) is 6.77. The Morgan fingerprint density at radius 2 is 1.79 bits per heavy atom. The SMILES string of the molecule is Cc1cc[n+](/C=C/c2cc3ccccc3s2)cc1.[Br-]. The van der Waals surface area contributed by atoms with Crippen molar-refractivity contribution in [2.75, 3.05) is 0 Å². The van der Waals surface area contributed by atoms with Gasteiger partial charge in [-0.3, -0.25) is 0 Å². The lowest BCUT2D eigenvalue weighted by atomic mass is 10.2. The van der Waals surface area contributed by atoms with Crippen LogP contribution in [0.1, 0.15) is 10.4 Å². The molecule has 96 valence electrons. The van der Waals surface area contributed by atoms with Gasteiger partial charge >= 0.3 is 0 Å². The fourth-order valence-corrected chi connectivity index (χ4v) is 2.82. The molecule has 3 heteroatoms. The van der Waals surface area contributed by atoms with Crippen LogP contribution in [-0.4, -0.2) is 0 Å². The first kappa shape index (κ1) is 14.0. The van der Waals surface area contributed by atoms with Crippen LogP contribution in [0.25, 0.3) is 22.4 Å². The molecular formula is C16H14BrNS. The molecule has 3 rings (SSSR count). The minimum absolute atomic E-state index is 0. The lowest BCUT2D eigenvalue weighted by molar-refractivity contribution is -0.567. The highest BCUT2D eigenvalue weighted by molar-refractivity contribution is 7.19. The predicted molar refractivity (Wildman–Crippen MR) is 78.4 cm³/mol. The van der Waals surface area contributed by atoms with Gasteiger partial charge in [-0.25, -0.2) is 0 Å². The smallest absolute Gasteiger partial charge is 0.175 e. The van der Waals surface area contributed by atoms with Gasteiger partial charge in [-0.2, -0.15) is 4.57 Å². The molecule has 0 aliphatic heterocycles. The van der Waals surface area contributed by atoms with Gasteiger partial charge in [0.25, 0.3) is 0 Å². The van der Waals surface area contributed by atoms with Crippen molar-refractivity contribution in [3.8, 4) is 0 Å². The van der Waals surface area contributed by atoms with Crippen molar-refractivity contribution in [3.05, 3.63) is 65.3 Å². The summed E-state index contributed by atoms with van der Waals surface area (Å²) in [6.07, 6.45) is 8.38. The van der Waals surface area contributed by atoms with Crippen molar-refractivity contribution in [2.45, 2.75) is 6.92 Å². The summed E-state index contributed by atoms with van der Waals surface area (Å²) in [7, 11) is 0. The molecule has 1 nitrogen and oxygen atoms in total. The summed E-state index contributed by atoms with van der Waals surface area (Å²) in [5, 5.41) is 1.32. The number of nitrogens with zero attached hydrogens (tertiary/aromatic N) is 1. The molecule has 0 saturated carbocycles. The predicted octanol–water partition coefficient (Wildman–Crippen LogP) is 1.13. The summed E-state index contributed by atoms with van der Waals surface area (Å²) in [5.74, 6) is 0. The van der Waals surface area contributed by atoms with Gasteiger partial charge in [0.1, 0.15) is 0 Å². The molecule has 0 aliphatic carbocycles. The number of fused-ring (bicyclic) bond motifs is 1. The van der Waals surface area contributed by atoms with Crippen molar-refractivity contribution >= 4 is 33.7 Å². The molecule has 19 heavy (non-hydrogen) atoms. The monoisotopic (exact) mass is 331 g/mol. The number of halogens is 1. The van der Waals surface area contributed by atoms with Crippen molar-refractivity contribution in [1.82, 2.24) is 0 Å². The standard InChI is InChI=1S/C16H14NS.BrH/c1-13-6-9-17(10-7-13)11-8-15-12-14-4-2-3-5-16(14)18-15;/h2-12H,1H3;1H/q+1;/p-1/b11-8+;. The number of hydrogen-bond donors (Lipinski definition) is 0. The Kier molecular flexibility index (Phi) is 4.51. The third-order valence-electron chi connectivity index (χ3n) is 2.87. The quantitative estimate of drug-likeness (QED) is 0.620. The largest absolute Gasteiger partial charge is 1.00 e. The van der Waals surface area contributed by atoms with E-state index in [-0.39, 0.29) is 17.0 Å². The molecule has 0 spiro atoms. The van der Waals surface area contributed by atoms with Gasteiger partial charge in [-0.15, -0.1) is 11.3 Å². The van der Waals surface area contributed by atoms with E-state index in [2.05, 4.69) is 78.6 Å². The Hall–Kier alpha value is -1.45. The van der Waals surface area contributed by atoms with Gasteiger partial charge < -0.3 is 17.0 Å². The van der Waals surface area contributed by atoms with Gasteiger partial charge in [-0.05, 0) is 30.0 Å². The molecular weight excluding hydrogens is 318 g/mol. The molecule has 0 unspecified atom stereocenters. The van der Waals surface area contributed by atoms with Crippen LogP contribution in [0.3, 0.4) is 0 Å². The number of pyridine rings is 1. The molecule has 1 aromatic carbocycles. The molecule has 0 saturated heterocycles. The third-order valence-corrected chi connectivity index (χ3v) is 3.96. The lowest BCUT2D eigenvalue weighted by Gasteiger charge is -1.88. The fourth-order valence-electron chi connectivity index (χ4n) is 1.86. The second-order valence-corrected chi connectivity index (χ2v) is 5.44. The zero-order valence-electron chi connectivity index (χ0n) is 10.6. The van der Waals surface area contributed by atoms with Gasteiger partial charge in [0.2, 0.25) is 0 Å². The van der Waals surface area contributed by atoms with E-state index in [1.807, 2.05) is 11.3 Å². The second kappa shape index (κ2) is 6.13. The van der Waals surface area contributed by atoms with Crippen LogP contribution in [0.5, 0.6) is 0 Å². The highest BCUT2D eigenvalue weighted by atomic mass is 79.9. The molecule has 3 aromatic rings. The normalized spacial score (nSPS) is 10.8. The third kappa shape index (κ3) is 3.31. The van der Waals surface area contributed by atoms with Gasteiger partial charge in [0.05, 0.1) is 0 Å². The summed E-state index contributed by atoms with van der Waals surface area (Å²) in [4.78, 5) is 1.28. The van der Waals surface area contributed by atoms with E-state index < -0.39 is 0 Å². The van der Waals surface area contributed by atoms with Gasteiger partial charge in [0.15, 0.2) is 18.6 Å². The van der Waals surface area contributed by atoms with Crippen LogP contribution in [0.15, 0.2) is 54.9 Å². The average Bonchev–Trinajstić information content (AvgIpc) is 2.81. The highest BCUT2D eigenvalue weighted by Gasteiger charge is 1.99. The van der Waals surface area contributed by atoms with E-state index in [0.29, 0.717) is 0 Å². The summed E-state index contributed by atoms with van der Waals surface area (Å²) < 4.78 is 3.41. The Balaban J connectivity index is 0.00000133. The molecule has 0 atom stereocenters. The Morgan fingerprint density at radius 3 is 2.53 bits per heavy atom. The number of aryl methyl sites for hydroxylation is 1. The van der Waals surface area contributed by atoms with Gasteiger partial charge in [0, 0.05) is 27.8 Å². The van der Waals surface area contributed by atoms with Crippen molar-refractivity contribution in [3.63, 3.8) is 0 Å². The Bertz CT molecular complexity index is 665. The van der Waals surface area contributed by atoms with E-state index in [9.17, 15) is 0 Å². The maximum Gasteiger partial charge on any atom is 0.175 e. The van der Waals surface area contributed by atoms with E-state index in [4.69, 9.17) is 0 Å². The van der Waals surface area contributed by atoms with E-state index in [0.717, 1.165) is 0 Å². The summed E-state index contributed by atoms with van der Waals surface area (Å²) >= 11 is 1.82. The zero-order valence-corrected chi connectivity index (χ0v) is 13.0. The molecule has 2 heterocycles. The number of benzene rings is 1. The molecule has 0 amide bonds. The molecule has 0 N–H and O–H groups in total.